The number of piperidine rings is 1. The number of hydrogen-bond acceptors (Lipinski definition) is 5. The second kappa shape index (κ2) is 11.0. The van der Waals surface area contributed by atoms with Crippen LogP contribution in [0.15, 0.2) is 79.0 Å². The second-order valence-electron chi connectivity index (χ2n) is 12.0. The monoisotopic (exact) mass is 565 g/mol. The molecular formula is C34H35N3O5. The molecule has 3 aromatic carbocycles. The van der Waals surface area contributed by atoms with Gasteiger partial charge in [-0.1, -0.05) is 66.7 Å². The maximum atomic E-state index is 13.8. The van der Waals surface area contributed by atoms with Crippen molar-refractivity contribution >= 4 is 28.9 Å². The third-order valence-electron chi connectivity index (χ3n) is 8.07. The van der Waals surface area contributed by atoms with Crippen LogP contribution in [0, 0.1) is 0 Å². The van der Waals surface area contributed by atoms with Crippen LogP contribution in [0.2, 0.25) is 0 Å². The van der Waals surface area contributed by atoms with Crippen LogP contribution >= 0.6 is 0 Å². The third-order valence-corrected chi connectivity index (χ3v) is 8.07. The molecule has 4 aromatic rings. The first-order valence-electron chi connectivity index (χ1n) is 14.4. The Morgan fingerprint density at radius 3 is 2.26 bits per heavy atom. The number of fused-ring (bicyclic) bond motifs is 4. The molecule has 2 heterocycles. The zero-order valence-electron chi connectivity index (χ0n) is 24.1. The van der Waals surface area contributed by atoms with Crippen LogP contribution in [-0.2, 0) is 19.1 Å². The number of hydrogen-bond donors (Lipinski definition) is 2. The summed E-state index contributed by atoms with van der Waals surface area (Å²) in [5.74, 6) is -1.22. The van der Waals surface area contributed by atoms with Gasteiger partial charge < -0.3 is 24.7 Å². The van der Waals surface area contributed by atoms with E-state index in [9.17, 15) is 14.4 Å². The average molecular weight is 566 g/mol. The van der Waals surface area contributed by atoms with Crippen LogP contribution in [0.1, 0.15) is 55.7 Å². The Balaban J connectivity index is 1.22. The molecule has 6 rings (SSSR count). The molecule has 8 nitrogen and oxygen atoms in total. The van der Waals surface area contributed by atoms with Crippen molar-refractivity contribution in [3.8, 4) is 11.1 Å². The molecular weight excluding hydrogens is 530 g/mol. The zero-order valence-corrected chi connectivity index (χ0v) is 24.1. The fourth-order valence-corrected chi connectivity index (χ4v) is 6.29. The molecule has 42 heavy (non-hydrogen) atoms. The number of carbonyl (C=O) groups is 3. The molecule has 1 saturated heterocycles. The van der Waals surface area contributed by atoms with Crippen LogP contribution in [0.3, 0.4) is 0 Å². The molecule has 2 atom stereocenters. The van der Waals surface area contributed by atoms with Gasteiger partial charge in [0, 0.05) is 35.5 Å². The molecule has 1 fully saturated rings. The van der Waals surface area contributed by atoms with E-state index in [0.717, 1.165) is 38.7 Å². The van der Waals surface area contributed by atoms with Crippen LogP contribution in [0.4, 0.5) is 4.79 Å². The van der Waals surface area contributed by atoms with Gasteiger partial charge in [0.2, 0.25) is 5.91 Å². The number of rotatable bonds is 6. The summed E-state index contributed by atoms with van der Waals surface area (Å²) in [6, 6.07) is 23.3. The van der Waals surface area contributed by atoms with Gasteiger partial charge in [-0.05, 0) is 61.1 Å². The molecule has 1 aliphatic heterocycles. The normalized spacial score (nSPS) is 18.5. The topological polar surface area (TPSA) is 101 Å². The molecule has 0 spiro atoms. The highest BCUT2D eigenvalue weighted by molar-refractivity contribution is 5.92. The molecule has 2 aliphatic rings. The highest BCUT2D eigenvalue weighted by atomic mass is 16.6. The zero-order chi connectivity index (χ0) is 29.4. The van der Waals surface area contributed by atoms with Gasteiger partial charge in [0.15, 0.2) is 0 Å². The minimum atomic E-state index is -0.906. The Bertz CT molecular complexity index is 1610. The van der Waals surface area contributed by atoms with Crippen molar-refractivity contribution in [1.29, 1.82) is 0 Å². The Morgan fingerprint density at radius 2 is 1.57 bits per heavy atom. The van der Waals surface area contributed by atoms with Crippen LogP contribution in [0.5, 0.6) is 0 Å². The van der Waals surface area contributed by atoms with E-state index in [-0.39, 0.29) is 30.9 Å². The lowest BCUT2D eigenvalue weighted by Gasteiger charge is -2.38. The van der Waals surface area contributed by atoms with Gasteiger partial charge >= 0.3 is 12.1 Å². The third kappa shape index (κ3) is 5.36. The van der Waals surface area contributed by atoms with E-state index in [1.807, 2.05) is 54.7 Å². The first kappa shape index (κ1) is 27.6. The van der Waals surface area contributed by atoms with E-state index >= 15 is 0 Å². The number of carbonyl (C=O) groups excluding carboxylic acids is 3. The largest absolute Gasteiger partial charge is 0.459 e. The maximum absolute atomic E-state index is 13.8. The Morgan fingerprint density at radius 1 is 0.929 bits per heavy atom. The summed E-state index contributed by atoms with van der Waals surface area (Å²) in [6.07, 6.45) is 1.79. The lowest BCUT2D eigenvalue weighted by atomic mass is 9.84. The predicted octanol–water partition coefficient (Wildman–Crippen LogP) is 5.73. The number of benzene rings is 3. The second-order valence-corrected chi connectivity index (χ2v) is 12.0. The highest BCUT2D eigenvalue weighted by Crippen LogP contribution is 2.44. The van der Waals surface area contributed by atoms with E-state index in [2.05, 4.69) is 34.6 Å². The molecule has 2 amide bonds. The van der Waals surface area contributed by atoms with Gasteiger partial charge in [0.25, 0.3) is 0 Å². The van der Waals surface area contributed by atoms with E-state index in [1.54, 1.807) is 20.8 Å². The van der Waals surface area contributed by atoms with Crippen LogP contribution in [-0.4, -0.2) is 59.2 Å². The van der Waals surface area contributed by atoms with Crippen LogP contribution < -0.4 is 5.32 Å². The Kier molecular flexibility index (Phi) is 7.22. The molecule has 216 valence electrons. The predicted molar refractivity (Wildman–Crippen MR) is 160 cm³/mol. The summed E-state index contributed by atoms with van der Waals surface area (Å²) < 4.78 is 11.3. The van der Waals surface area contributed by atoms with Crippen molar-refractivity contribution in [1.82, 2.24) is 15.2 Å². The number of esters is 1. The quantitative estimate of drug-likeness (QED) is 0.291. The standard InChI is InChI=1S/C34H35N3O5/c1-34(2,3)42-30(38)19-37-17-16-26(27-18-35-29-15-9-8-14-25(27)29)31(32(37)39)36-33(40)41-20-28-23-12-6-4-10-21(23)22-11-5-7-13-24(22)28/h4-15,18,26,28,31,35H,16-17,19-20H2,1-3H3,(H,36,40)/t26-,31-/m1/s1. The van der Waals surface area contributed by atoms with E-state index in [4.69, 9.17) is 9.47 Å². The fourth-order valence-electron chi connectivity index (χ4n) is 6.29. The number of amides is 2. The summed E-state index contributed by atoms with van der Waals surface area (Å²) in [4.78, 5) is 44.5. The number of H-pyrrole nitrogens is 1. The number of nitrogens with zero attached hydrogens (tertiary/aromatic N) is 1. The molecule has 1 aliphatic carbocycles. The molecule has 0 radical (unpaired) electrons. The maximum Gasteiger partial charge on any atom is 0.407 e. The van der Waals surface area contributed by atoms with Crippen molar-refractivity contribution in [2.24, 2.45) is 0 Å². The van der Waals surface area contributed by atoms with E-state index in [0.29, 0.717) is 13.0 Å². The van der Waals surface area contributed by atoms with Gasteiger partial charge in [-0.2, -0.15) is 0 Å². The lowest BCUT2D eigenvalue weighted by molar-refractivity contribution is -0.160. The van der Waals surface area contributed by atoms with Gasteiger partial charge in [0.05, 0.1) is 0 Å². The molecule has 2 N–H and O–H groups in total. The average Bonchev–Trinajstić information content (AvgIpc) is 3.53. The number of para-hydroxylation sites is 1. The van der Waals surface area contributed by atoms with Crippen molar-refractivity contribution in [2.45, 2.75) is 50.7 Å². The lowest BCUT2D eigenvalue weighted by Crippen LogP contribution is -2.57. The van der Waals surface area contributed by atoms with E-state index < -0.39 is 23.7 Å². The molecule has 8 heteroatoms. The molecule has 0 saturated carbocycles. The van der Waals surface area contributed by atoms with Gasteiger partial charge in [-0.25, -0.2) is 4.79 Å². The number of nitrogens with one attached hydrogen (secondary N) is 2. The first-order chi connectivity index (χ1) is 20.2. The van der Waals surface area contributed by atoms with Gasteiger partial charge in [0.1, 0.15) is 24.8 Å². The van der Waals surface area contributed by atoms with Gasteiger partial charge in [-0.3, -0.25) is 9.59 Å². The van der Waals surface area contributed by atoms with Gasteiger partial charge in [-0.15, -0.1) is 0 Å². The minimum absolute atomic E-state index is 0.0988. The molecule has 1 aromatic heterocycles. The van der Waals surface area contributed by atoms with Crippen LogP contribution in [0.25, 0.3) is 22.0 Å². The number of aromatic amines is 1. The summed E-state index contributed by atoms with van der Waals surface area (Å²) in [6.45, 7) is 5.69. The highest BCUT2D eigenvalue weighted by Gasteiger charge is 2.41. The minimum Gasteiger partial charge on any atom is -0.459 e. The summed E-state index contributed by atoms with van der Waals surface area (Å²) in [5.41, 5.74) is 5.74. The smallest absolute Gasteiger partial charge is 0.407 e. The molecule has 0 unspecified atom stereocenters. The van der Waals surface area contributed by atoms with E-state index in [1.165, 1.54) is 4.90 Å². The number of ether oxygens (including phenoxy) is 2. The van der Waals surface area contributed by atoms with Crippen molar-refractivity contribution in [2.75, 3.05) is 19.7 Å². The summed E-state index contributed by atoms with van der Waals surface area (Å²) >= 11 is 0. The number of aromatic nitrogens is 1. The number of likely N-dealkylation sites (tertiary alicyclic amines) is 1. The Hall–Kier alpha value is -4.59. The van der Waals surface area contributed by atoms with Crippen molar-refractivity contribution in [3.63, 3.8) is 0 Å². The Labute approximate surface area is 245 Å². The van der Waals surface area contributed by atoms with Crippen molar-refractivity contribution in [3.05, 3.63) is 95.7 Å². The fraction of sp³-hybridized carbons (Fsp3) is 0.324. The van der Waals surface area contributed by atoms with Crippen molar-refractivity contribution < 1.29 is 23.9 Å². The SMILES string of the molecule is CC(C)(C)OC(=O)CN1CC[C@H](c2c[nH]c3ccccc23)[C@@H](NC(=O)OCC2c3ccccc3-c3ccccc32)C1=O. The number of alkyl carbamates (subject to hydrolysis) is 1. The first-order valence-corrected chi connectivity index (χ1v) is 14.4. The summed E-state index contributed by atoms with van der Waals surface area (Å²) in [5, 5.41) is 3.87. The summed E-state index contributed by atoms with van der Waals surface area (Å²) in [7, 11) is 0. The molecule has 0 bridgehead atoms.